The zero-order valence-corrected chi connectivity index (χ0v) is 8.97. The predicted octanol–water partition coefficient (Wildman–Crippen LogP) is 2.18. The highest BCUT2D eigenvalue weighted by Crippen LogP contribution is 2.39. The van der Waals surface area contributed by atoms with Crippen molar-refractivity contribution in [2.45, 2.75) is 29.8 Å². The van der Waals surface area contributed by atoms with Crippen LogP contribution in [0, 0.1) is 0 Å². The molecule has 3 heteroatoms. The van der Waals surface area contributed by atoms with Crippen LogP contribution in [0.4, 0.5) is 0 Å². The van der Waals surface area contributed by atoms with Gasteiger partial charge in [0.2, 0.25) is 0 Å². The maximum atomic E-state index is 9.71. The van der Waals surface area contributed by atoms with E-state index < -0.39 is 5.60 Å². The first-order valence-electron chi connectivity index (χ1n) is 4.71. The Morgan fingerprint density at radius 3 is 2.64 bits per heavy atom. The number of benzene rings is 1. The molecule has 0 unspecified atom stereocenters. The molecule has 1 aromatic carbocycles. The lowest BCUT2D eigenvalue weighted by Gasteiger charge is -2.09. The molecule has 2 rings (SSSR count). The fourth-order valence-corrected chi connectivity index (χ4v) is 2.02. The number of phenols is 1. The molecule has 14 heavy (non-hydrogen) atoms. The Morgan fingerprint density at radius 2 is 2.14 bits per heavy atom. The van der Waals surface area contributed by atoms with Gasteiger partial charge in [-0.15, -0.1) is 11.8 Å². The molecule has 0 spiro atoms. The lowest BCUT2D eigenvalue weighted by molar-refractivity contribution is 0.151. The smallest absolute Gasteiger partial charge is 0.129 e. The third-order valence-corrected chi connectivity index (χ3v) is 3.39. The number of aliphatic hydroxyl groups is 1. The quantitative estimate of drug-likeness (QED) is 0.751. The first kappa shape index (κ1) is 9.87. The van der Waals surface area contributed by atoms with E-state index in [0.717, 1.165) is 23.3 Å². The summed E-state index contributed by atoms with van der Waals surface area (Å²) in [6, 6.07) is 5.63. The van der Waals surface area contributed by atoms with E-state index in [1.165, 1.54) is 11.8 Å². The Bertz CT molecular complexity index is 345. The van der Waals surface area contributed by atoms with Gasteiger partial charge in [0.25, 0.3) is 0 Å². The minimum Gasteiger partial charge on any atom is -0.507 e. The molecule has 1 saturated carbocycles. The maximum absolute atomic E-state index is 9.71. The second-order valence-electron chi connectivity index (χ2n) is 3.91. The number of phenolic OH excluding ortho intramolecular Hbond substituents is 1. The second kappa shape index (κ2) is 3.48. The first-order chi connectivity index (χ1) is 6.63. The van der Waals surface area contributed by atoms with Crippen molar-refractivity contribution in [2.24, 2.45) is 0 Å². The van der Waals surface area contributed by atoms with Crippen LogP contribution >= 0.6 is 11.8 Å². The van der Waals surface area contributed by atoms with Crippen molar-refractivity contribution in [1.29, 1.82) is 0 Å². The van der Waals surface area contributed by atoms with Gasteiger partial charge in [0.1, 0.15) is 5.75 Å². The Morgan fingerprint density at radius 1 is 1.43 bits per heavy atom. The summed E-state index contributed by atoms with van der Waals surface area (Å²) in [6.45, 7) is 0. The van der Waals surface area contributed by atoms with E-state index in [-0.39, 0.29) is 0 Å². The van der Waals surface area contributed by atoms with Gasteiger partial charge in [-0.25, -0.2) is 0 Å². The molecule has 0 radical (unpaired) electrons. The van der Waals surface area contributed by atoms with E-state index in [4.69, 9.17) is 0 Å². The summed E-state index contributed by atoms with van der Waals surface area (Å²) < 4.78 is 0. The van der Waals surface area contributed by atoms with Crippen molar-refractivity contribution >= 4 is 11.8 Å². The summed E-state index contributed by atoms with van der Waals surface area (Å²) in [5.41, 5.74) is 0.535. The monoisotopic (exact) mass is 210 g/mol. The van der Waals surface area contributed by atoms with Crippen molar-refractivity contribution in [3.63, 3.8) is 0 Å². The van der Waals surface area contributed by atoms with Crippen molar-refractivity contribution in [2.75, 3.05) is 6.26 Å². The second-order valence-corrected chi connectivity index (χ2v) is 4.76. The number of hydrogen-bond acceptors (Lipinski definition) is 3. The van der Waals surface area contributed by atoms with Crippen LogP contribution in [0.15, 0.2) is 23.1 Å². The third kappa shape index (κ3) is 2.04. The standard InChI is InChI=1S/C11H14O2S/c1-14-10-3-2-8(6-9(10)12)7-11(13)4-5-11/h2-3,6,12-13H,4-5,7H2,1H3. The van der Waals surface area contributed by atoms with E-state index in [2.05, 4.69) is 0 Å². The fourth-order valence-electron chi connectivity index (χ4n) is 1.55. The summed E-state index contributed by atoms with van der Waals surface area (Å²) in [5.74, 6) is 0.319. The molecule has 76 valence electrons. The molecule has 2 nitrogen and oxygen atoms in total. The van der Waals surface area contributed by atoms with Gasteiger partial charge < -0.3 is 10.2 Å². The van der Waals surface area contributed by atoms with Gasteiger partial charge in [0, 0.05) is 11.3 Å². The molecule has 0 heterocycles. The number of aromatic hydroxyl groups is 1. The Balaban J connectivity index is 2.15. The lowest BCUT2D eigenvalue weighted by Crippen LogP contribution is -2.10. The molecule has 1 fully saturated rings. The highest BCUT2D eigenvalue weighted by atomic mass is 32.2. The molecule has 0 atom stereocenters. The maximum Gasteiger partial charge on any atom is 0.129 e. The van der Waals surface area contributed by atoms with Crippen molar-refractivity contribution in [3.8, 4) is 5.75 Å². The fraction of sp³-hybridized carbons (Fsp3) is 0.455. The summed E-state index contributed by atoms with van der Waals surface area (Å²) in [6.07, 6.45) is 4.37. The Labute approximate surface area is 88.0 Å². The van der Waals surface area contributed by atoms with E-state index in [9.17, 15) is 10.2 Å². The van der Waals surface area contributed by atoms with E-state index in [1.807, 2.05) is 18.4 Å². The van der Waals surface area contributed by atoms with E-state index >= 15 is 0 Å². The minimum atomic E-state index is -0.479. The zero-order valence-electron chi connectivity index (χ0n) is 8.16. The van der Waals surface area contributed by atoms with Crippen LogP contribution in [0.2, 0.25) is 0 Å². The number of rotatable bonds is 3. The molecule has 0 aliphatic heterocycles. The van der Waals surface area contributed by atoms with Gasteiger partial charge >= 0.3 is 0 Å². The highest BCUT2D eigenvalue weighted by Gasteiger charge is 2.40. The van der Waals surface area contributed by atoms with Gasteiger partial charge in [-0.05, 0) is 36.8 Å². The molecule has 2 N–H and O–H groups in total. The Kier molecular flexibility index (Phi) is 2.45. The van der Waals surface area contributed by atoms with Crippen molar-refractivity contribution in [1.82, 2.24) is 0 Å². The minimum absolute atomic E-state index is 0.319. The molecular formula is C11H14O2S. The summed E-state index contributed by atoms with van der Waals surface area (Å²) in [5, 5.41) is 19.3. The molecule has 0 bridgehead atoms. The molecule has 0 aromatic heterocycles. The van der Waals surface area contributed by atoms with Crippen LogP contribution in [-0.2, 0) is 6.42 Å². The number of thioether (sulfide) groups is 1. The zero-order chi connectivity index (χ0) is 10.2. The van der Waals surface area contributed by atoms with Crippen LogP contribution in [0.3, 0.4) is 0 Å². The van der Waals surface area contributed by atoms with Crippen molar-refractivity contribution in [3.05, 3.63) is 23.8 Å². The molecule has 0 saturated heterocycles. The van der Waals surface area contributed by atoms with Gasteiger partial charge in [0.15, 0.2) is 0 Å². The van der Waals surface area contributed by atoms with Gasteiger partial charge in [-0.3, -0.25) is 0 Å². The summed E-state index contributed by atoms with van der Waals surface area (Å²) in [7, 11) is 0. The van der Waals surface area contributed by atoms with Crippen molar-refractivity contribution < 1.29 is 10.2 Å². The van der Waals surface area contributed by atoms with Gasteiger partial charge in [0.05, 0.1) is 5.60 Å². The molecule has 1 aliphatic rings. The van der Waals surface area contributed by atoms with Gasteiger partial charge in [-0.2, -0.15) is 0 Å². The average Bonchev–Trinajstić information content (AvgIpc) is 2.84. The SMILES string of the molecule is CSc1ccc(CC2(O)CC2)cc1O. The molecule has 1 aromatic rings. The number of hydrogen-bond donors (Lipinski definition) is 2. The van der Waals surface area contributed by atoms with Gasteiger partial charge in [-0.1, -0.05) is 6.07 Å². The predicted molar refractivity (Wildman–Crippen MR) is 57.8 cm³/mol. The summed E-state index contributed by atoms with van der Waals surface area (Å²) >= 11 is 1.53. The highest BCUT2D eigenvalue weighted by molar-refractivity contribution is 7.98. The largest absolute Gasteiger partial charge is 0.507 e. The summed E-state index contributed by atoms with van der Waals surface area (Å²) in [4.78, 5) is 0.886. The normalized spacial score (nSPS) is 18.1. The van der Waals surface area contributed by atoms with Crippen LogP contribution in [0.5, 0.6) is 5.75 Å². The van der Waals surface area contributed by atoms with Crippen LogP contribution in [0.1, 0.15) is 18.4 Å². The molecule has 0 amide bonds. The molecule has 1 aliphatic carbocycles. The Hall–Kier alpha value is -0.670. The lowest BCUT2D eigenvalue weighted by atomic mass is 10.1. The van der Waals surface area contributed by atoms with Crippen LogP contribution < -0.4 is 0 Å². The van der Waals surface area contributed by atoms with E-state index in [1.54, 1.807) is 6.07 Å². The third-order valence-electron chi connectivity index (χ3n) is 2.60. The van der Waals surface area contributed by atoms with Crippen LogP contribution in [0.25, 0.3) is 0 Å². The molecular weight excluding hydrogens is 196 g/mol. The first-order valence-corrected chi connectivity index (χ1v) is 5.94. The topological polar surface area (TPSA) is 40.5 Å². The average molecular weight is 210 g/mol. The van der Waals surface area contributed by atoms with E-state index in [0.29, 0.717) is 12.2 Å². The van der Waals surface area contributed by atoms with Crippen LogP contribution in [-0.4, -0.2) is 22.1 Å².